The highest BCUT2D eigenvalue weighted by Crippen LogP contribution is 2.36. The molecule has 122 valence electrons. The fraction of sp³-hybridized carbons (Fsp3) is 0.824. The zero-order chi connectivity index (χ0) is 15.0. The Bertz CT molecular complexity index is 433. The summed E-state index contributed by atoms with van der Waals surface area (Å²) >= 11 is 0. The van der Waals surface area contributed by atoms with Crippen molar-refractivity contribution in [3.63, 3.8) is 0 Å². The molecule has 0 unspecified atom stereocenters. The van der Waals surface area contributed by atoms with Crippen LogP contribution in [-0.4, -0.2) is 49.1 Å². The molecule has 2 amide bonds. The highest BCUT2D eigenvalue weighted by molar-refractivity contribution is 5.75. The monoisotopic (exact) mass is 306 g/mol. The number of carbonyl (C=O) groups is 1. The number of ether oxygens (including phenoxy) is 2. The molecule has 1 saturated carbocycles. The molecule has 0 aromatic carbocycles. The van der Waals surface area contributed by atoms with Crippen molar-refractivity contribution in [3.8, 4) is 0 Å². The third-order valence-corrected chi connectivity index (χ3v) is 5.80. The maximum atomic E-state index is 12.5. The Morgan fingerprint density at radius 2 is 1.64 bits per heavy atom. The molecule has 2 atom stereocenters. The maximum absolute atomic E-state index is 12.5. The number of allylic oxidation sites excluding steroid dienone is 2. The average molecular weight is 306 g/mol. The Kier molecular flexibility index (Phi) is 3.86. The summed E-state index contributed by atoms with van der Waals surface area (Å²) in [4.78, 5) is 14.5. The fourth-order valence-corrected chi connectivity index (χ4v) is 4.43. The zero-order valence-corrected chi connectivity index (χ0v) is 13.1. The summed E-state index contributed by atoms with van der Waals surface area (Å²) in [5.74, 6) is 1.01. The first-order valence-corrected chi connectivity index (χ1v) is 8.72. The average Bonchev–Trinajstić information content (AvgIpc) is 3.17. The van der Waals surface area contributed by atoms with Gasteiger partial charge in [0.05, 0.1) is 13.2 Å². The van der Waals surface area contributed by atoms with Crippen LogP contribution in [0.2, 0.25) is 0 Å². The van der Waals surface area contributed by atoms with Gasteiger partial charge in [-0.05, 0) is 37.5 Å². The van der Waals surface area contributed by atoms with Crippen LogP contribution in [-0.2, 0) is 9.47 Å². The molecule has 3 fully saturated rings. The van der Waals surface area contributed by atoms with Crippen LogP contribution in [0.5, 0.6) is 0 Å². The van der Waals surface area contributed by atoms with Crippen molar-refractivity contribution in [3.05, 3.63) is 12.2 Å². The van der Waals surface area contributed by atoms with Gasteiger partial charge in [0.25, 0.3) is 0 Å². The largest absolute Gasteiger partial charge is 0.348 e. The van der Waals surface area contributed by atoms with E-state index in [-0.39, 0.29) is 17.9 Å². The molecule has 0 radical (unpaired) electrons. The molecule has 5 heteroatoms. The molecule has 1 N–H and O–H groups in total. The third-order valence-electron chi connectivity index (χ3n) is 5.80. The van der Waals surface area contributed by atoms with E-state index < -0.39 is 0 Å². The van der Waals surface area contributed by atoms with E-state index in [2.05, 4.69) is 17.5 Å². The van der Waals surface area contributed by atoms with Gasteiger partial charge >= 0.3 is 6.03 Å². The van der Waals surface area contributed by atoms with Crippen molar-refractivity contribution in [2.45, 2.75) is 50.4 Å². The van der Waals surface area contributed by atoms with E-state index in [9.17, 15) is 4.79 Å². The number of likely N-dealkylation sites (tertiary alicyclic amines) is 1. The van der Waals surface area contributed by atoms with Crippen LogP contribution in [0, 0.1) is 11.8 Å². The van der Waals surface area contributed by atoms with Gasteiger partial charge in [0.1, 0.15) is 0 Å². The normalized spacial score (nSPS) is 34.1. The lowest BCUT2D eigenvalue weighted by molar-refractivity contribution is -0.179. The summed E-state index contributed by atoms with van der Waals surface area (Å²) in [6.45, 7) is 3.26. The number of nitrogens with one attached hydrogen (secondary N) is 1. The van der Waals surface area contributed by atoms with Crippen molar-refractivity contribution in [2.24, 2.45) is 11.8 Å². The number of carbonyl (C=O) groups excluding carboxylic acids is 1. The number of urea groups is 1. The third kappa shape index (κ3) is 2.76. The number of fused-ring (bicyclic) bond motifs is 1. The quantitative estimate of drug-likeness (QED) is 0.756. The molecule has 2 aliphatic heterocycles. The molecule has 0 aromatic heterocycles. The fourth-order valence-electron chi connectivity index (χ4n) is 4.43. The summed E-state index contributed by atoms with van der Waals surface area (Å²) in [6.07, 6.45) is 10.5. The number of amides is 2. The first-order valence-electron chi connectivity index (χ1n) is 8.72. The van der Waals surface area contributed by atoms with E-state index in [0.29, 0.717) is 25.0 Å². The minimum absolute atomic E-state index is 0.128. The SMILES string of the molecule is O=C(NC1CCC2(CC1)OCCO2)N1C[C@H]2CC=CC[C@H]2C1. The second kappa shape index (κ2) is 5.85. The first-order chi connectivity index (χ1) is 10.7. The molecule has 5 nitrogen and oxygen atoms in total. The number of hydrogen-bond donors (Lipinski definition) is 1. The lowest BCUT2D eigenvalue weighted by Crippen LogP contribution is -2.48. The van der Waals surface area contributed by atoms with Crippen LogP contribution in [0.4, 0.5) is 4.79 Å². The number of rotatable bonds is 1. The van der Waals surface area contributed by atoms with Crippen LogP contribution in [0.3, 0.4) is 0 Å². The first kappa shape index (κ1) is 14.5. The molecular weight excluding hydrogens is 280 g/mol. The van der Waals surface area contributed by atoms with E-state index >= 15 is 0 Å². The van der Waals surface area contributed by atoms with Crippen molar-refractivity contribution < 1.29 is 14.3 Å². The van der Waals surface area contributed by atoms with Gasteiger partial charge in [-0.2, -0.15) is 0 Å². The molecule has 4 aliphatic rings. The van der Waals surface area contributed by atoms with Gasteiger partial charge in [0.15, 0.2) is 5.79 Å². The molecule has 1 spiro atoms. The van der Waals surface area contributed by atoms with Gasteiger partial charge in [-0.1, -0.05) is 12.2 Å². The van der Waals surface area contributed by atoms with Crippen molar-refractivity contribution in [2.75, 3.05) is 26.3 Å². The molecular formula is C17H26N2O3. The van der Waals surface area contributed by atoms with Crippen LogP contribution >= 0.6 is 0 Å². The van der Waals surface area contributed by atoms with E-state index in [0.717, 1.165) is 51.6 Å². The van der Waals surface area contributed by atoms with Crippen molar-refractivity contribution >= 4 is 6.03 Å². The lowest BCUT2D eigenvalue weighted by atomic mass is 9.86. The molecule has 22 heavy (non-hydrogen) atoms. The predicted molar refractivity (Wildman–Crippen MR) is 82.3 cm³/mol. The minimum atomic E-state index is -0.338. The van der Waals surface area contributed by atoms with Crippen molar-refractivity contribution in [1.29, 1.82) is 0 Å². The van der Waals surface area contributed by atoms with Gasteiger partial charge in [0, 0.05) is 32.0 Å². The van der Waals surface area contributed by atoms with Gasteiger partial charge in [-0.25, -0.2) is 4.79 Å². The van der Waals surface area contributed by atoms with Gasteiger partial charge < -0.3 is 19.7 Å². The smallest absolute Gasteiger partial charge is 0.317 e. The molecule has 0 aromatic rings. The molecule has 2 aliphatic carbocycles. The second-order valence-corrected chi connectivity index (χ2v) is 7.20. The Balaban J connectivity index is 1.27. The Hall–Kier alpha value is -1.07. The number of hydrogen-bond acceptors (Lipinski definition) is 3. The van der Waals surface area contributed by atoms with E-state index in [1.54, 1.807) is 0 Å². The summed E-state index contributed by atoms with van der Waals surface area (Å²) in [6, 6.07) is 0.398. The summed E-state index contributed by atoms with van der Waals surface area (Å²) in [5, 5.41) is 3.23. The zero-order valence-electron chi connectivity index (χ0n) is 13.1. The molecule has 2 saturated heterocycles. The van der Waals surface area contributed by atoms with Crippen LogP contribution in [0.25, 0.3) is 0 Å². The maximum Gasteiger partial charge on any atom is 0.317 e. The van der Waals surface area contributed by atoms with E-state index in [1.165, 1.54) is 0 Å². The Morgan fingerprint density at radius 1 is 1.05 bits per heavy atom. The molecule has 2 heterocycles. The highest BCUT2D eigenvalue weighted by Gasteiger charge is 2.41. The second-order valence-electron chi connectivity index (χ2n) is 7.20. The summed E-state index contributed by atoms with van der Waals surface area (Å²) in [7, 11) is 0. The Morgan fingerprint density at radius 3 is 2.23 bits per heavy atom. The Labute approximate surface area is 132 Å². The summed E-state index contributed by atoms with van der Waals surface area (Å²) in [5.41, 5.74) is 0. The lowest BCUT2D eigenvalue weighted by Gasteiger charge is -2.36. The highest BCUT2D eigenvalue weighted by atomic mass is 16.7. The predicted octanol–water partition coefficient (Wildman–Crippen LogP) is 2.28. The van der Waals surface area contributed by atoms with E-state index in [1.807, 2.05) is 4.90 Å². The van der Waals surface area contributed by atoms with Crippen LogP contribution in [0.1, 0.15) is 38.5 Å². The van der Waals surface area contributed by atoms with Crippen LogP contribution in [0.15, 0.2) is 12.2 Å². The van der Waals surface area contributed by atoms with Gasteiger partial charge in [-0.15, -0.1) is 0 Å². The van der Waals surface area contributed by atoms with Gasteiger partial charge in [-0.3, -0.25) is 0 Å². The summed E-state index contributed by atoms with van der Waals surface area (Å²) < 4.78 is 11.5. The molecule has 0 bridgehead atoms. The van der Waals surface area contributed by atoms with Crippen molar-refractivity contribution in [1.82, 2.24) is 10.2 Å². The minimum Gasteiger partial charge on any atom is -0.348 e. The van der Waals surface area contributed by atoms with Crippen LogP contribution < -0.4 is 5.32 Å². The number of nitrogens with zero attached hydrogens (tertiary/aromatic N) is 1. The topological polar surface area (TPSA) is 50.8 Å². The molecule has 4 rings (SSSR count). The standard InChI is InChI=1S/C17H26N2O3/c20-16(19-11-13-3-1-2-4-14(13)12-19)18-15-5-7-17(8-6-15)21-9-10-22-17/h1-2,13-15H,3-12H2,(H,18,20)/t13-,14+. The van der Waals surface area contributed by atoms with E-state index in [4.69, 9.17) is 9.47 Å². The van der Waals surface area contributed by atoms with Gasteiger partial charge in [0.2, 0.25) is 0 Å².